The molecule has 0 aliphatic carbocycles. The van der Waals surface area contributed by atoms with Gasteiger partial charge in [-0.25, -0.2) is 4.39 Å². The van der Waals surface area contributed by atoms with Crippen molar-refractivity contribution in [2.75, 3.05) is 5.75 Å². The van der Waals surface area contributed by atoms with E-state index in [2.05, 4.69) is 10.2 Å². The van der Waals surface area contributed by atoms with Crippen molar-refractivity contribution in [3.05, 3.63) is 74.5 Å². The first-order valence-electron chi connectivity index (χ1n) is 7.48. The van der Waals surface area contributed by atoms with Crippen molar-refractivity contribution < 1.29 is 4.39 Å². The van der Waals surface area contributed by atoms with E-state index in [0.717, 1.165) is 28.6 Å². The highest BCUT2D eigenvalue weighted by atomic mass is 35.5. The van der Waals surface area contributed by atoms with Crippen molar-refractivity contribution in [2.45, 2.75) is 12.2 Å². The fraction of sp³-hybridized carbons (Fsp3) is 0.176. The second kappa shape index (κ2) is 8.36. The Hall–Kier alpha value is -1.34. The smallest absolute Gasteiger partial charge is 0.199 e. The number of aromatic nitrogens is 3. The predicted octanol–water partition coefficient (Wildman–Crippen LogP) is 5.85. The Labute approximate surface area is 164 Å². The average Bonchev–Trinajstić information content (AvgIpc) is 2.93. The molecule has 3 nitrogen and oxygen atoms in total. The fourth-order valence-electron chi connectivity index (χ4n) is 2.39. The first-order chi connectivity index (χ1) is 12.0. The number of hydrogen-bond acceptors (Lipinski definition) is 3. The predicted molar refractivity (Wildman–Crippen MR) is 105 cm³/mol. The van der Waals surface area contributed by atoms with Crippen LogP contribution < -0.4 is 0 Å². The Kier molecular flexibility index (Phi) is 6.17. The number of H-pyrrole nitrogens is 1. The molecule has 0 saturated carbocycles. The van der Waals surface area contributed by atoms with Crippen LogP contribution in [0.4, 0.5) is 4.39 Å². The van der Waals surface area contributed by atoms with Gasteiger partial charge in [0, 0.05) is 22.9 Å². The van der Waals surface area contributed by atoms with Gasteiger partial charge < -0.3 is 0 Å². The zero-order chi connectivity index (χ0) is 17.8. The molecule has 2 aromatic carbocycles. The van der Waals surface area contributed by atoms with Crippen molar-refractivity contribution in [1.82, 2.24) is 14.8 Å². The first kappa shape index (κ1) is 18.5. The molecule has 0 fully saturated rings. The van der Waals surface area contributed by atoms with E-state index < -0.39 is 0 Å². The molecule has 8 heteroatoms. The molecule has 0 atom stereocenters. The highest BCUT2D eigenvalue weighted by molar-refractivity contribution is 7.98. The van der Waals surface area contributed by atoms with Crippen molar-refractivity contribution >= 4 is 47.2 Å². The minimum Gasteiger partial charge on any atom is -0.271 e. The van der Waals surface area contributed by atoms with Gasteiger partial charge in [0.25, 0.3) is 0 Å². The van der Waals surface area contributed by atoms with Crippen molar-refractivity contribution in [2.24, 2.45) is 0 Å². The lowest BCUT2D eigenvalue weighted by atomic mass is 10.2. The molecule has 0 bridgehead atoms. The number of halogens is 3. The molecule has 0 amide bonds. The third-order valence-electron chi connectivity index (χ3n) is 3.52. The zero-order valence-electron chi connectivity index (χ0n) is 13.0. The minimum atomic E-state index is -0.212. The molecule has 0 saturated heterocycles. The van der Waals surface area contributed by atoms with Crippen LogP contribution in [0.2, 0.25) is 10.0 Å². The quantitative estimate of drug-likeness (QED) is 0.406. The number of nitrogens with one attached hydrogen (secondary N) is 1. The van der Waals surface area contributed by atoms with Gasteiger partial charge in [0.05, 0.1) is 10.7 Å². The minimum absolute atomic E-state index is 0.212. The molecule has 25 heavy (non-hydrogen) atoms. The number of hydrogen-bond donors (Lipinski definition) is 1. The molecule has 1 N–H and O–H groups in total. The molecule has 3 rings (SSSR count). The molecule has 1 heterocycles. The fourth-order valence-corrected chi connectivity index (χ4v) is 4.02. The van der Waals surface area contributed by atoms with Crippen LogP contribution in [-0.4, -0.2) is 20.5 Å². The van der Waals surface area contributed by atoms with Gasteiger partial charge in [0.2, 0.25) is 0 Å². The van der Waals surface area contributed by atoms with E-state index in [-0.39, 0.29) is 5.82 Å². The SMILES string of the molecule is Fc1cccc(CSCCc2n[nH]c(=S)n2-c2ccc(Cl)cc2Cl)c1. The first-order valence-corrected chi connectivity index (χ1v) is 9.80. The summed E-state index contributed by atoms with van der Waals surface area (Å²) in [5, 5.41) is 8.18. The third kappa shape index (κ3) is 4.64. The number of thioether (sulfide) groups is 1. The van der Waals surface area contributed by atoms with Crippen molar-refractivity contribution in [1.29, 1.82) is 0 Å². The van der Waals surface area contributed by atoms with Gasteiger partial charge in [-0.15, -0.1) is 0 Å². The molecular formula is C17H14Cl2FN3S2. The maximum absolute atomic E-state index is 13.2. The number of aryl methyl sites for hydroxylation is 1. The van der Waals surface area contributed by atoms with Crippen LogP contribution in [0.1, 0.15) is 11.4 Å². The van der Waals surface area contributed by atoms with E-state index in [9.17, 15) is 4.39 Å². The lowest BCUT2D eigenvalue weighted by molar-refractivity contribution is 0.626. The van der Waals surface area contributed by atoms with E-state index in [1.165, 1.54) is 6.07 Å². The highest BCUT2D eigenvalue weighted by Gasteiger charge is 2.12. The molecular weight excluding hydrogens is 400 g/mol. The van der Waals surface area contributed by atoms with Crippen LogP contribution in [0.3, 0.4) is 0 Å². The Bertz CT molecular complexity index is 940. The van der Waals surface area contributed by atoms with Crippen molar-refractivity contribution in [3.63, 3.8) is 0 Å². The number of benzene rings is 2. The molecule has 130 valence electrons. The Morgan fingerprint density at radius 3 is 2.80 bits per heavy atom. The highest BCUT2D eigenvalue weighted by Crippen LogP contribution is 2.26. The number of rotatable bonds is 6. The lowest BCUT2D eigenvalue weighted by Gasteiger charge is -2.09. The molecule has 0 aliphatic heterocycles. The van der Waals surface area contributed by atoms with Gasteiger partial charge in [0.1, 0.15) is 11.6 Å². The third-order valence-corrected chi connectivity index (χ3v) is 5.36. The van der Waals surface area contributed by atoms with E-state index in [0.29, 0.717) is 21.2 Å². The summed E-state index contributed by atoms with van der Waals surface area (Å²) in [7, 11) is 0. The summed E-state index contributed by atoms with van der Waals surface area (Å²) in [4.78, 5) is 0. The van der Waals surface area contributed by atoms with Crippen molar-refractivity contribution in [3.8, 4) is 5.69 Å². The maximum atomic E-state index is 13.2. The topological polar surface area (TPSA) is 33.6 Å². The van der Waals surface area contributed by atoms with Gasteiger partial charge in [0.15, 0.2) is 4.77 Å². The summed E-state index contributed by atoms with van der Waals surface area (Å²) in [5.41, 5.74) is 1.71. The lowest BCUT2D eigenvalue weighted by Crippen LogP contribution is -2.04. The van der Waals surface area contributed by atoms with Crippen LogP contribution in [0.15, 0.2) is 42.5 Å². The van der Waals surface area contributed by atoms with Gasteiger partial charge >= 0.3 is 0 Å². The van der Waals surface area contributed by atoms with Crippen LogP contribution in [0.5, 0.6) is 0 Å². The van der Waals surface area contributed by atoms with E-state index >= 15 is 0 Å². The Morgan fingerprint density at radius 2 is 2.04 bits per heavy atom. The summed E-state index contributed by atoms with van der Waals surface area (Å²) >= 11 is 19.3. The molecule has 0 spiro atoms. The van der Waals surface area contributed by atoms with E-state index in [4.69, 9.17) is 35.4 Å². The molecule has 3 aromatic rings. The van der Waals surface area contributed by atoms with Gasteiger partial charge in [-0.3, -0.25) is 9.67 Å². The number of nitrogens with zero attached hydrogens (tertiary/aromatic N) is 2. The number of aromatic amines is 1. The second-order valence-electron chi connectivity index (χ2n) is 5.31. The van der Waals surface area contributed by atoms with E-state index in [1.54, 1.807) is 36.0 Å². The normalized spacial score (nSPS) is 11.0. The Morgan fingerprint density at radius 1 is 1.20 bits per heavy atom. The molecule has 1 aromatic heterocycles. The summed E-state index contributed by atoms with van der Waals surface area (Å²) in [6, 6.07) is 11.9. The van der Waals surface area contributed by atoms with Gasteiger partial charge in [-0.2, -0.15) is 16.9 Å². The molecule has 0 radical (unpaired) electrons. The molecule has 0 aliphatic rings. The monoisotopic (exact) mass is 413 g/mol. The van der Waals surface area contributed by atoms with E-state index in [1.807, 2.05) is 16.7 Å². The summed E-state index contributed by atoms with van der Waals surface area (Å²) in [6.45, 7) is 0. The second-order valence-corrected chi connectivity index (χ2v) is 7.64. The Balaban J connectivity index is 1.69. The van der Waals surface area contributed by atoms with Crippen LogP contribution in [0, 0.1) is 10.6 Å². The molecule has 0 unspecified atom stereocenters. The van der Waals surface area contributed by atoms with Gasteiger partial charge in [-0.1, -0.05) is 35.3 Å². The largest absolute Gasteiger partial charge is 0.271 e. The summed E-state index contributed by atoms with van der Waals surface area (Å²) in [5.74, 6) is 2.14. The zero-order valence-corrected chi connectivity index (χ0v) is 16.2. The maximum Gasteiger partial charge on any atom is 0.199 e. The average molecular weight is 414 g/mol. The standard InChI is InChI=1S/C17H14Cl2FN3S2/c18-12-4-5-15(14(19)9-12)23-16(21-22-17(23)24)6-7-25-10-11-2-1-3-13(20)8-11/h1-5,8-9H,6-7,10H2,(H,22,24). The van der Waals surface area contributed by atoms with Crippen LogP contribution in [0.25, 0.3) is 5.69 Å². The summed E-state index contributed by atoms with van der Waals surface area (Å²) < 4.78 is 15.5. The van der Waals surface area contributed by atoms with Crippen LogP contribution >= 0.6 is 47.2 Å². The van der Waals surface area contributed by atoms with Gasteiger partial charge in [-0.05, 0) is 48.1 Å². The van der Waals surface area contributed by atoms with Crippen LogP contribution in [-0.2, 0) is 12.2 Å². The summed E-state index contributed by atoms with van der Waals surface area (Å²) in [6.07, 6.45) is 0.700.